The molecule has 1 fully saturated rings. The molecule has 1 aliphatic heterocycles. The molecule has 1 aliphatic rings. The van der Waals surface area contributed by atoms with Gasteiger partial charge in [0.25, 0.3) is 5.91 Å². The highest BCUT2D eigenvalue weighted by Crippen LogP contribution is 2.30. The summed E-state index contributed by atoms with van der Waals surface area (Å²) in [6.45, 7) is 5.56. The highest BCUT2D eigenvalue weighted by molar-refractivity contribution is 14.1. The summed E-state index contributed by atoms with van der Waals surface area (Å²) in [4.78, 5) is 38.2. The number of nitrogens with one attached hydrogen (secondary N) is 2. The summed E-state index contributed by atoms with van der Waals surface area (Å²) in [7, 11) is 0. The number of ether oxygens (including phenoxy) is 1. The Hall–Kier alpha value is -2.41. The molecule has 0 unspecified atom stereocenters. The zero-order chi connectivity index (χ0) is 22.5. The number of amides is 4. The van der Waals surface area contributed by atoms with Crippen LogP contribution < -0.4 is 15.4 Å². The summed E-state index contributed by atoms with van der Waals surface area (Å²) < 4.78 is 7.38. The largest absolute Gasteiger partial charge is 0.487 e. The molecular formula is C22H19I2N3O4. The fraction of sp³-hybridized carbons (Fsp3) is 0.136. The van der Waals surface area contributed by atoms with Gasteiger partial charge in [-0.25, -0.2) is 9.69 Å². The van der Waals surface area contributed by atoms with Crippen LogP contribution in [0.2, 0.25) is 0 Å². The van der Waals surface area contributed by atoms with Gasteiger partial charge in [0.05, 0.1) is 7.14 Å². The molecule has 0 aliphatic carbocycles. The SMILES string of the molecule is C=CCOc1c(I)cc(/C=C2/NC(=O)N(CC(=O)Nc3cccc(C)c3)C2=O)cc1I. The van der Waals surface area contributed by atoms with Gasteiger partial charge in [-0.15, -0.1) is 0 Å². The molecule has 1 saturated heterocycles. The Labute approximate surface area is 207 Å². The first-order valence-corrected chi connectivity index (χ1v) is 11.4. The Kier molecular flexibility index (Phi) is 7.70. The monoisotopic (exact) mass is 643 g/mol. The number of hydrogen-bond donors (Lipinski definition) is 2. The molecule has 4 amide bonds. The van der Waals surface area contributed by atoms with E-state index in [0.717, 1.165) is 28.9 Å². The molecule has 9 heteroatoms. The van der Waals surface area contributed by atoms with Crippen molar-refractivity contribution < 1.29 is 19.1 Å². The van der Waals surface area contributed by atoms with Crippen LogP contribution in [-0.4, -0.2) is 35.9 Å². The summed E-state index contributed by atoms with van der Waals surface area (Å²) in [6, 6.07) is 10.3. The van der Waals surface area contributed by atoms with Crippen LogP contribution >= 0.6 is 45.2 Å². The molecule has 0 aromatic heterocycles. The Balaban J connectivity index is 1.73. The third-order valence-electron chi connectivity index (χ3n) is 4.24. The van der Waals surface area contributed by atoms with Gasteiger partial charge in [-0.3, -0.25) is 9.59 Å². The van der Waals surface area contributed by atoms with E-state index >= 15 is 0 Å². The van der Waals surface area contributed by atoms with Crippen LogP contribution in [0, 0.1) is 14.1 Å². The number of hydrogen-bond acceptors (Lipinski definition) is 4. The van der Waals surface area contributed by atoms with E-state index in [-0.39, 0.29) is 12.2 Å². The van der Waals surface area contributed by atoms with Crippen molar-refractivity contribution in [2.75, 3.05) is 18.5 Å². The van der Waals surface area contributed by atoms with Gasteiger partial charge in [0.1, 0.15) is 24.6 Å². The topological polar surface area (TPSA) is 87.7 Å². The van der Waals surface area contributed by atoms with Crippen LogP contribution in [0.15, 0.2) is 54.8 Å². The molecule has 31 heavy (non-hydrogen) atoms. The van der Waals surface area contributed by atoms with Gasteiger partial charge in [0.15, 0.2) is 0 Å². The van der Waals surface area contributed by atoms with Crippen LogP contribution in [0.1, 0.15) is 11.1 Å². The smallest absolute Gasteiger partial charge is 0.329 e. The van der Waals surface area contributed by atoms with Gasteiger partial charge in [0, 0.05) is 5.69 Å². The maximum atomic E-state index is 12.7. The average Bonchev–Trinajstić information content (AvgIpc) is 2.95. The van der Waals surface area contributed by atoms with E-state index in [4.69, 9.17) is 4.74 Å². The van der Waals surface area contributed by atoms with Gasteiger partial charge in [-0.05, 0) is 93.6 Å². The molecule has 2 N–H and O–H groups in total. The van der Waals surface area contributed by atoms with Crippen LogP contribution in [0.3, 0.4) is 0 Å². The number of carbonyl (C=O) groups excluding carboxylic acids is 3. The second-order valence-corrected chi connectivity index (χ2v) is 9.03. The van der Waals surface area contributed by atoms with E-state index in [1.807, 2.05) is 31.2 Å². The van der Waals surface area contributed by atoms with Crippen molar-refractivity contribution in [2.24, 2.45) is 0 Å². The normalized spacial score (nSPS) is 14.5. The lowest BCUT2D eigenvalue weighted by atomic mass is 10.2. The number of halogens is 2. The van der Waals surface area contributed by atoms with E-state index in [1.54, 1.807) is 24.3 Å². The average molecular weight is 643 g/mol. The predicted molar refractivity (Wildman–Crippen MR) is 136 cm³/mol. The maximum Gasteiger partial charge on any atom is 0.329 e. The van der Waals surface area contributed by atoms with E-state index in [2.05, 4.69) is 62.4 Å². The summed E-state index contributed by atoms with van der Waals surface area (Å²) in [5.41, 5.74) is 2.44. The molecule has 3 rings (SSSR count). The van der Waals surface area contributed by atoms with Crippen molar-refractivity contribution in [3.8, 4) is 5.75 Å². The van der Waals surface area contributed by atoms with Gasteiger partial charge in [-0.2, -0.15) is 0 Å². The van der Waals surface area contributed by atoms with Crippen LogP contribution in [0.4, 0.5) is 10.5 Å². The molecule has 2 aromatic carbocycles. The van der Waals surface area contributed by atoms with Crippen LogP contribution in [0.25, 0.3) is 6.08 Å². The van der Waals surface area contributed by atoms with Crippen molar-refractivity contribution >= 4 is 74.8 Å². The Morgan fingerprint density at radius 2 is 1.94 bits per heavy atom. The van der Waals surface area contributed by atoms with E-state index in [1.165, 1.54) is 0 Å². The Morgan fingerprint density at radius 3 is 2.58 bits per heavy atom. The van der Waals surface area contributed by atoms with Crippen LogP contribution in [0.5, 0.6) is 5.75 Å². The Morgan fingerprint density at radius 1 is 1.23 bits per heavy atom. The minimum Gasteiger partial charge on any atom is -0.487 e. The van der Waals surface area contributed by atoms with E-state index in [9.17, 15) is 14.4 Å². The second kappa shape index (κ2) is 10.3. The predicted octanol–water partition coefficient (Wildman–Crippen LogP) is 4.30. The van der Waals surface area contributed by atoms with Crippen molar-refractivity contribution in [2.45, 2.75) is 6.92 Å². The zero-order valence-electron chi connectivity index (χ0n) is 16.6. The van der Waals surface area contributed by atoms with E-state index < -0.39 is 17.8 Å². The zero-order valence-corrected chi connectivity index (χ0v) is 20.9. The molecule has 0 atom stereocenters. The minimum absolute atomic E-state index is 0.111. The quantitative estimate of drug-likeness (QED) is 0.204. The number of aryl methyl sites for hydroxylation is 1. The fourth-order valence-electron chi connectivity index (χ4n) is 2.89. The number of nitrogens with zero attached hydrogens (tertiary/aromatic N) is 1. The second-order valence-electron chi connectivity index (χ2n) is 6.71. The van der Waals surface area contributed by atoms with Gasteiger partial charge in [0.2, 0.25) is 5.91 Å². The lowest BCUT2D eigenvalue weighted by molar-refractivity contribution is -0.127. The van der Waals surface area contributed by atoms with Crippen molar-refractivity contribution in [3.63, 3.8) is 0 Å². The molecule has 160 valence electrons. The molecule has 0 spiro atoms. The molecular weight excluding hydrogens is 624 g/mol. The third-order valence-corrected chi connectivity index (χ3v) is 5.85. The number of carbonyl (C=O) groups is 3. The lowest BCUT2D eigenvalue weighted by Gasteiger charge is -2.12. The van der Waals surface area contributed by atoms with Gasteiger partial charge < -0.3 is 15.4 Å². The molecule has 2 aromatic rings. The molecule has 0 saturated carbocycles. The highest BCUT2D eigenvalue weighted by atomic mass is 127. The number of benzene rings is 2. The summed E-state index contributed by atoms with van der Waals surface area (Å²) in [5.74, 6) is -0.274. The molecule has 0 radical (unpaired) electrons. The third kappa shape index (κ3) is 5.85. The first kappa shape index (κ1) is 23.3. The Bertz CT molecular complexity index is 1070. The highest BCUT2D eigenvalue weighted by Gasteiger charge is 2.35. The summed E-state index contributed by atoms with van der Waals surface area (Å²) in [5, 5.41) is 5.24. The van der Waals surface area contributed by atoms with Gasteiger partial charge >= 0.3 is 6.03 Å². The first-order chi connectivity index (χ1) is 14.8. The van der Waals surface area contributed by atoms with Crippen molar-refractivity contribution in [1.82, 2.24) is 10.2 Å². The molecule has 0 bridgehead atoms. The fourth-order valence-corrected chi connectivity index (χ4v) is 5.02. The standard InChI is InChI=1S/C22H19I2N3O4/c1-3-7-31-20-16(23)9-14(10-17(20)24)11-18-21(29)27(22(30)26-18)12-19(28)25-15-6-4-5-13(2)8-15/h3-6,8-11H,1,7,12H2,2H3,(H,25,28)(H,26,30)/b18-11+. The number of rotatable bonds is 7. The van der Waals surface area contributed by atoms with Crippen LogP contribution in [-0.2, 0) is 9.59 Å². The first-order valence-electron chi connectivity index (χ1n) is 9.22. The maximum absolute atomic E-state index is 12.7. The summed E-state index contributed by atoms with van der Waals surface area (Å²) >= 11 is 4.30. The molecule has 1 heterocycles. The minimum atomic E-state index is -0.633. The van der Waals surface area contributed by atoms with Gasteiger partial charge in [-0.1, -0.05) is 24.8 Å². The van der Waals surface area contributed by atoms with Crippen molar-refractivity contribution in [3.05, 3.63) is 73.0 Å². The summed E-state index contributed by atoms with van der Waals surface area (Å²) in [6.07, 6.45) is 3.25. The van der Waals surface area contributed by atoms with Crippen molar-refractivity contribution in [1.29, 1.82) is 0 Å². The molecule has 7 nitrogen and oxygen atoms in total. The lowest BCUT2D eigenvalue weighted by Crippen LogP contribution is -2.38. The number of urea groups is 1. The number of anilines is 1. The van der Waals surface area contributed by atoms with E-state index in [0.29, 0.717) is 12.3 Å². The number of imide groups is 1.